The van der Waals surface area contributed by atoms with E-state index in [0.29, 0.717) is 19.4 Å². The minimum atomic E-state index is 0.270. The maximum Gasteiger partial charge on any atom is 0.137 e. The number of hydrogen-bond acceptors (Lipinski definition) is 3. The molecule has 0 atom stereocenters. The smallest absolute Gasteiger partial charge is 0.137 e. The van der Waals surface area contributed by atoms with Crippen LogP contribution in [0.5, 0.6) is 0 Å². The van der Waals surface area contributed by atoms with Crippen LogP contribution in [0.15, 0.2) is 24.5 Å². The molecule has 0 aliphatic heterocycles. The fourth-order valence-corrected chi connectivity index (χ4v) is 1.29. The Hall–Kier alpha value is -1.22. The SMILES string of the molecule is NCCCCC(=O)Cc1cccnc1. The molecule has 1 rings (SSSR count). The molecule has 0 aromatic carbocycles. The fourth-order valence-electron chi connectivity index (χ4n) is 1.29. The zero-order valence-electron chi connectivity index (χ0n) is 8.28. The predicted octanol–water partition coefficient (Wildman–Crippen LogP) is 1.32. The van der Waals surface area contributed by atoms with Gasteiger partial charge in [0.1, 0.15) is 5.78 Å². The van der Waals surface area contributed by atoms with E-state index in [9.17, 15) is 4.79 Å². The van der Waals surface area contributed by atoms with Gasteiger partial charge < -0.3 is 5.73 Å². The number of aromatic nitrogens is 1. The van der Waals surface area contributed by atoms with E-state index in [4.69, 9.17) is 5.73 Å². The van der Waals surface area contributed by atoms with Crippen LogP contribution in [-0.4, -0.2) is 17.3 Å². The maximum absolute atomic E-state index is 11.4. The van der Waals surface area contributed by atoms with E-state index < -0.39 is 0 Å². The van der Waals surface area contributed by atoms with E-state index in [-0.39, 0.29) is 5.78 Å². The molecule has 1 aromatic rings. The number of carbonyl (C=O) groups excluding carboxylic acids is 1. The summed E-state index contributed by atoms with van der Waals surface area (Å²) < 4.78 is 0. The predicted molar refractivity (Wildman–Crippen MR) is 55.9 cm³/mol. The van der Waals surface area contributed by atoms with Gasteiger partial charge in [0, 0.05) is 25.2 Å². The van der Waals surface area contributed by atoms with Gasteiger partial charge in [0.25, 0.3) is 0 Å². The minimum absolute atomic E-state index is 0.270. The van der Waals surface area contributed by atoms with Crippen molar-refractivity contribution in [1.29, 1.82) is 0 Å². The van der Waals surface area contributed by atoms with Gasteiger partial charge in [0.2, 0.25) is 0 Å². The summed E-state index contributed by atoms with van der Waals surface area (Å²) in [6.07, 6.45) is 6.40. The van der Waals surface area contributed by atoms with Gasteiger partial charge in [-0.15, -0.1) is 0 Å². The van der Waals surface area contributed by atoms with E-state index in [2.05, 4.69) is 4.98 Å². The van der Waals surface area contributed by atoms with E-state index in [1.165, 1.54) is 0 Å². The second-order valence-electron chi connectivity index (χ2n) is 3.32. The molecule has 0 unspecified atom stereocenters. The van der Waals surface area contributed by atoms with Crippen LogP contribution >= 0.6 is 0 Å². The highest BCUT2D eigenvalue weighted by Crippen LogP contribution is 2.02. The van der Waals surface area contributed by atoms with Crippen molar-refractivity contribution in [3.05, 3.63) is 30.1 Å². The van der Waals surface area contributed by atoms with E-state index in [0.717, 1.165) is 18.4 Å². The number of Topliss-reactive ketones (excluding diaryl/α,β-unsaturated/α-hetero) is 1. The van der Waals surface area contributed by atoms with Crippen LogP contribution in [0.1, 0.15) is 24.8 Å². The lowest BCUT2D eigenvalue weighted by Gasteiger charge is -1.99. The van der Waals surface area contributed by atoms with Crippen molar-refractivity contribution in [3.63, 3.8) is 0 Å². The van der Waals surface area contributed by atoms with Crippen molar-refractivity contribution in [1.82, 2.24) is 4.98 Å². The number of carbonyl (C=O) groups is 1. The van der Waals surface area contributed by atoms with Crippen molar-refractivity contribution < 1.29 is 4.79 Å². The Labute approximate surface area is 84.3 Å². The summed E-state index contributed by atoms with van der Waals surface area (Å²) in [5.41, 5.74) is 6.34. The number of ketones is 1. The highest BCUT2D eigenvalue weighted by atomic mass is 16.1. The number of hydrogen-bond donors (Lipinski definition) is 1. The lowest BCUT2D eigenvalue weighted by molar-refractivity contribution is -0.118. The normalized spacial score (nSPS) is 10.1. The Balaban J connectivity index is 2.27. The van der Waals surface area contributed by atoms with Crippen molar-refractivity contribution >= 4 is 5.78 Å². The molecule has 76 valence electrons. The van der Waals surface area contributed by atoms with Crippen LogP contribution < -0.4 is 5.73 Å². The van der Waals surface area contributed by atoms with Gasteiger partial charge in [0.15, 0.2) is 0 Å². The molecule has 14 heavy (non-hydrogen) atoms. The first-order valence-electron chi connectivity index (χ1n) is 4.93. The molecule has 3 heteroatoms. The van der Waals surface area contributed by atoms with Crippen molar-refractivity contribution in [2.75, 3.05) is 6.54 Å². The Morgan fingerprint density at radius 2 is 2.29 bits per heavy atom. The quantitative estimate of drug-likeness (QED) is 0.692. The Kier molecular flexibility index (Phi) is 4.86. The third kappa shape index (κ3) is 4.14. The average Bonchev–Trinajstić information content (AvgIpc) is 2.20. The molecule has 1 aromatic heterocycles. The highest BCUT2D eigenvalue weighted by Gasteiger charge is 2.02. The molecule has 0 bridgehead atoms. The van der Waals surface area contributed by atoms with Gasteiger partial charge in [-0.1, -0.05) is 6.07 Å². The molecule has 0 spiro atoms. The summed E-state index contributed by atoms with van der Waals surface area (Å²) in [5, 5.41) is 0. The number of nitrogens with two attached hydrogens (primary N) is 1. The Morgan fingerprint density at radius 3 is 2.93 bits per heavy atom. The lowest BCUT2D eigenvalue weighted by Crippen LogP contribution is -2.05. The van der Waals surface area contributed by atoms with Crippen LogP contribution in [0, 0.1) is 0 Å². The molecular formula is C11H16N2O. The average molecular weight is 192 g/mol. The van der Waals surface area contributed by atoms with Crippen LogP contribution in [0.4, 0.5) is 0 Å². The molecule has 0 saturated heterocycles. The molecule has 0 amide bonds. The number of pyridine rings is 1. The summed E-state index contributed by atoms with van der Waals surface area (Å²) >= 11 is 0. The van der Waals surface area contributed by atoms with Gasteiger partial charge in [0.05, 0.1) is 0 Å². The third-order valence-corrected chi connectivity index (χ3v) is 2.03. The van der Waals surface area contributed by atoms with Crippen molar-refractivity contribution in [2.45, 2.75) is 25.7 Å². The van der Waals surface area contributed by atoms with E-state index >= 15 is 0 Å². The molecule has 1 heterocycles. The molecule has 3 nitrogen and oxygen atoms in total. The zero-order chi connectivity index (χ0) is 10.2. The first kappa shape index (κ1) is 10.9. The molecule has 0 radical (unpaired) electrons. The first-order valence-corrected chi connectivity index (χ1v) is 4.93. The Bertz CT molecular complexity index is 272. The summed E-state index contributed by atoms with van der Waals surface area (Å²) in [7, 11) is 0. The second-order valence-corrected chi connectivity index (χ2v) is 3.32. The highest BCUT2D eigenvalue weighted by molar-refractivity contribution is 5.80. The summed E-state index contributed by atoms with van der Waals surface area (Å²) in [6, 6.07) is 3.77. The van der Waals surface area contributed by atoms with E-state index in [1.54, 1.807) is 12.4 Å². The summed E-state index contributed by atoms with van der Waals surface area (Å²) in [5.74, 6) is 0.270. The van der Waals surface area contributed by atoms with Gasteiger partial charge >= 0.3 is 0 Å². The molecular weight excluding hydrogens is 176 g/mol. The summed E-state index contributed by atoms with van der Waals surface area (Å²) in [6.45, 7) is 0.667. The topological polar surface area (TPSA) is 56.0 Å². The van der Waals surface area contributed by atoms with Crippen molar-refractivity contribution in [2.24, 2.45) is 5.73 Å². The molecule has 0 fully saturated rings. The van der Waals surface area contributed by atoms with Crippen molar-refractivity contribution in [3.8, 4) is 0 Å². The van der Waals surface area contributed by atoms with Gasteiger partial charge in [-0.3, -0.25) is 9.78 Å². The maximum atomic E-state index is 11.4. The fraction of sp³-hybridized carbons (Fsp3) is 0.455. The van der Waals surface area contributed by atoms with Gasteiger partial charge in [-0.2, -0.15) is 0 Å². The van der Waals surface area contributed by atoms with Gasteiger partial charge in [-0.25, -0.2) is 0 Å². The number of nitrogens with zero attached hydrogens (tertiary/aromatic N) is 1. The van der Waals surface area contributed by atoms with Crippen LogP contribution in [0.3, 0.4) is 0 Å². The largest absolute Gasteiger partial charge is 0.330 e. The minimum Gasteiger partial charge on any atom is -0.330 e. The third-order valence-electron chi connectivity index (χ3n) is 2.03. The lowest BCUT2D eigenvalue weighted by atomic mass is 10.1. The monoisotopic (exact) mass is 192 g/mol. The van der Waals surface area contributed by atoms with Gasteiger partial charge in [-0.05, 0) is 31.0 Å². The molecule has 0 aliphatic carbocycles. The molecule has 0 saturated carbocycles. The van der Waals surface area contributed by atoms with Crippen LogP contribution in [0.25, 0.3) is 0 Å². The second kappa shape index (κ2) is 6.27. The van der Waals surface area contributed by atoms with Crippen LogP contribution in [0.2, 0.25) is 0 Å². The summed E-state index contributed by atoms with van der Waals surface area (Å²) in [4.78, 5) is 15.4. The number of rotatable bonds is 6. The standard InChI is InChI=1S/C11H16N2O/c12-6-2-1-5-11(14)8-10-4-3-7-13-9-10/h3-4,7,9H,1-2,5-6,8,12H2. The first-order chi connectivity index (χ1) is 6.83. The van der Waals surface area contributed by atoms with Crippen LogP contribution in [-0.2, 0) is 11.2 Å². The number of unbranched alkanes of at least 4 members (excludes halogenated alkanes) is 1. The van der Waals surface area contributed by atoms with E-state index in [1.807, 2.05) is 12.1 Å². The molecule has 2 N–H and O–H groups in total. The Morgan fingerprint density at radius 1 is 1.43 bits per heavy atom. The molecule has 0 aliphatic rings. The zero-order valence-corrected chi connectivity index (χ0v) is 8.28.